The molecular formula is C31H32ClNO5. The summed E-state index contributed by atoms with van der Waals surface area (Å²) in [4.78, 5) is 28.9. The van der Waals surface area contributed by atoms with E-state index in [9.17, 15) is 14.7 Å². The van der Waals surface area contributed by atoms with Gasteiger partial charge in [-0.05, 0) is 74.9 Å². The number of halogens is 1. The summed E-state index contributed by atoms with van der Waals surface area (Å²) >= 11 is 6.17. The molecule has 6 rings (SSSR count). The predicted molar refractivity (Wildman–Crippen MR) is 148 cm³/mol. The summed E-state index contributed by atoms with van der Waals surface area (Å²) < 4.78 is 11.5. The summed E-state index contributed by atoms with van der Waals surface area (Å²) in [7, 11) is 0. The highest BCUT2D eigenvalue weighted by Crippen LogP contribution is 2.49. The van der Waals surface area contributed by atoms with E-state index < -0.39 is 11.2 Å². The zero-order valence-corrected chi connectivity index (χ0v) is 22.7. The van der Waals surface area contributed by atoms with Crippen molar-refractivity contribution in [1.82, 2.24) is 4.90 Å². The van der Waals surface area contributed by atoms with E-state index >= 15 is 0 Å². The lowest BCUT2D eigenvalue weighted by molar-refractivity contribution is -0.154. The van der Waals surface area contributed by atoms with Gasteiger partial charge in [0.25, 0.3) is 0 Å². The number of nitrogens with zero attached hydrogens (tertiary/aromatic N) is 1. The number of rotatable bonds is 3. The van der Waals surface area contributed by atoms with Crippen LogP contribution in [0.15, 0.2) is 50.0 Å². The topological polar surface area (TPSA) is 83.9 Å². The lowest BCUT2D eigenvalue weighted by Crippen LogP contribution is -2.56. The summed E-state index contributed by atoms with van der Waals surface area (Å²) in [5, 5.41) is 14.0. The van der Waals surface area contributed by atoms with Crippen molar-refractivity contribution in [1.29, 1.82) is 0 Å². The molecule has 1 aliphatic heterocycles. The van der Waals surface area contributed by atoms with Crippen LogP contribution in [0.2, 0.25) is 5.02 Å². The number of piperidine rings is 1. The van der Waals surface area contributed by atoms with Gasteiger partial charge in [-0.15, -0.1) is 0 Å². The lowest BCUT2D eigenvalue weighted by atomic mass is 9.66. The molecule has 3 unspecified atom stereocenters. The fourth-order valence-corrected chi connectivity index (χ4v) is 6.84. The van der Waals surface area contributed by atoms with E-state index in [2.05, 4.69) is 0 Å². The minimum atomic E-state index is -0.789. The van der Waals surface area contributed by atoms with Gasteiger partial charge in [0, 0.05) is 34.3 Å². The maximum absolute atomic E-state index is 13.9. The molecule has 2 aromatic carbocycles. The second-order valence-electron chi connectivity index (χ2n) is 11.1. The number of amides is 1. The molecule has 0 radical (unpaired) electrons. The largest absolute Gasteiger partial charge is 0.461 e. The first-order valence-electron chi connectivity index (χ1n) is 13.4. The van der Waals surface area contributed by atoms with E-state index in [1.807, 2.05) is 56.0 Å². The molecule has 2 fully saturated rings. The van der Waals surface area contributed by atoms with E-state index in [0.717, 1.165) is 58.9 Å². The van der Waals surface area contributed by atoms with Gasteiger partial charge in [0.05, 0.1) is 23.6 Å². The summed E-state index contributed by atoms with van der Waals surface area (Å²) in [5.74, 6) is 0.625. The third kappa shape index (κ3) is 4.05. The van der Waals surface area contributed by atoms with Gasteiger partial charge in [0.2, 0.25) is 5.91 Å². The Labute approximate surface area is 226 Å². The van der Waals surface area contributed by atoms with E-state index in [-0.39, 0.29) is 24.3 Å². The Morgan fingerprint density at radius 1 is 1.03 bits per heavy atom. The summed E-state index contributed by atoms with van der Waals surface area (Å²) in [5.41, 5.74) is 2.97. The molecule has 3 atom stereocenters. The molecule has 198 valence electrons. The standard InChI is InChI=1S/C31H32ClNO5/c1-17-19(3)37-26-16-27-23(14-22(17)26)18(2)24(30(35)38-27)15-28(34)33-13-12-31(36)11-5-4-6-25(31)29(33)20-7-9-21(32)10-8-20/h7-10,14,16,25,29,36H,4-6,11-13,15H2,1-3H3. The molecule has 7 heteroatoms. The molecule has 38 heavy (non-hydrogen) atoms. The van der Waals surface area contributed by atoms with Crippen molar-refractivity contribution in [3.63, 3.8) is 0 Å². The van der Waals surface area contributed by atoms with Crippen LogP contribution in [0, 0.1) is 26.7 Å². The second-order valence-corrected chi connectivity index (χ2v) is 11.5. The Bertz CT molecular complexity index is 1620. The minimum absolute atomic E-state index is 0.0548. The van der Waals surface area contributed by atoms with Crippen molar-refractivity contribution in [2.75, 3.05) is 6.54 Å². The molecule has 1 N–H and O–H groups in total. The van der Waals surface area contributed by atoms with Gasteiger partial charge >= 0.3 is 5.63 Å². The van der Waals surface area contributed by atoms with E-state index in [4.69, 9.17) is 20.4 Å². The fourth-order valence-electron chi connectivity index (χ4n) is 6.72. The third-order valence-electron chi connectivity index (χ3n) is 9.01. The highest BCUT2D eigenvalue weighted by Gasteiger charge is 2.50. The van der Waals surface area contributed by atoms with Crippen molar-refractivity contribution in [3.05, 3.63) is 79.9 Å². The average molecular weight is 534 g/mol. The van der Waals surface area contributed by atoms with E-state index in [0.29, 0.717) is 34.7 Å². The zero-order valence-electron chi connectivity index (χ0n) is 22.0. The van der Waals surface area contributed by atoms with Gasteiger partial charge in [-0.3, -0.25) is 4.79 Å². The van der Waals surface area contributed by atoms with E-state index in [1.165, 1.54) is 0 Å². The van der Waals surface area contributed by atoms with Crippen LogP contribution in [0.25, 0.3) is 21.9 Å². The fraction of sp³-hybridized carbons (Fsp3) is 0.419. The molecule has 6 nitrogen and oxygen atoms in total. The molecule has 1 amide bonds. The molecule has 1 saturated heterocycles. The van der Waals surface area contributed by atoms with Crippen LogP contribution in [0.4, 0.5) is 0 Å². The number of carbonyl (C=O) groups excluding carboxylic acids is 1. The quantitative estimate of drug-likeness (QED) is 0.302. The van der Waals surface area contributed by atoms with Gasteiger partial charge in [-0.1, -0.05) is 36.6 Å². The molecule has 0 spiro atoms. The maximum atomic E-state index is 13.9. The van der Waals surface area contributed by atoms with Gasteiger partial charge < -0.3 is 18.8 Å². The highest BCUT2D eigenvalue weighted by atomic mass is 35.5. The molecule has 4 aromatic rings. The normalized spacial score (nSPS) is 23.7. The molecular weight excluding hydrogens is 502 g/mol. The Morgan fingerprint density at radius 2 is 1.74 bits per heavy atom. The average Bonchev–Trinajstić information content (AvgIpc) is 3.17. The molecule has 1 aliphatic carbocycles. The monoisotopic (exact) mass is 533 g/mol. The molecule has 3 heterocycles. The van der Waals surface area contributed by atoms with Crippen LogP contribution in [-0.2, 0) is 11.2 Å². The lowest BCUT2D eigenvalue weighted by Gasteiger charge is -2.52. The highest BCUT2D eigenvalue weighted by molar-refractivity contribution is 6.30. The number of likely N-dealkylation sites (tertiary alicyclic amines) is 1. The number of hydrogen-bond acceptors (Lipinski definition) is 5. The smallest absolute Gasteiger partial charge is 0.340 e. The van der Waals surface area contributed by atoms with Crippen LogP contribution >= 0.6 is 11.6 Å². The number of aryl methyl sites for hydroxylation is 3. The maximum Gasteiger partial charge on any atom is 0.340 e. The first kappa shape index (κ1) is 25.2. The first-order chi connectivity index (χ1) is 18.2. The zero-order chi connectivity index (χ0) is 26.8. The van der Waals surface area contributed by atoms with Gasteiger partial charge in [-0.2, -0.15) is 0 Å². The summed E-state index contributed by atoms with van der Waals surface area (Å²) in [6.07, 6.45) is 4.10. The van der Waals surface area contributed by atoms with Crippen molar-refractivity contribution >= 4 is 39.4 Å². The van der Waals surface area contributed by atoms with Crippen molar-refractivity contribution in [3.8, 4) is 0 Å². The molecule has 2 aliphatic rings. The molecule has 0 bridgehead atoms. The SMILES string of the molecule is Cc1oc2cc3oc(=O)c(CC(=O)N4CCC5(O)CCCCC5C4c4ccc(Cl)cc4)c(C)c3cc2c1C. The summed E-state index contributed by atoms with van der Waals surface area (Å²) in [6, 6.07) is 11.0. The van der Waals surface area contributed by atoms with Crippen LogP contribution in [-0.4, -0.2) is 28.1 Å². The predicted octanol–water partition coefficient (Wildman–Crippen LogP) is 6.56. The molecule has 2 aromatic heterocycles. The van der Waals surface area contributed by atoms with Crippen LogP contribution < -0.4 is 5.63 Å². The first-order valence-corrected chi connectivity index (χ1v) is 13.8. The minimum Gasteiger partial charge on any atom is -0.461 e. The van der Waals surface area contributed by atoms with Crippen LogP contribution in [0.5, 0.6) is 0 Å². The Morgan fingerprint density at radius 3 is 2.50 bits per heavy atom. The number of aliphatic hydroxyl groups is 1. The Balaban J connectivity index is 1.39. The van der Waals surface area contributed by atoms with Crippen LogP contribution in [0.1, 0.15) is 66.2 Å². The Kier molecular flexibility index (Phi) is 6.15. The van der Waals surface area contributed by atoms with Crippen molar-refractivity contribution < 1.29 is 18.7 Å². The van der Waals surface area contributed by atoms with Gasteiger partial charge in [0.15, 0.2) is 0 Å². The van der Waals surface area contributed by atoms with Crippen molar-refractivity contribution in [2.45, 2.75) is 70.9 Å². The number of furan rings is 1. The van der Waals surface area contributed by atoms with E-state index in [1.54, 1.807) is 6.07 Å². The van der Waals surface area contributed by atoms with Gasteiger partial charge in [-0.25, -0.2) is 4.79 Å². The third-order valence-corrected chi connectivity index (χ3v) is 9.26. The number of fused-ring (bicyclic) bond motifs is 3. The second kappa shape index (κ2) is 9.28. The number of carbonyl (C=O) groups is 1. The molecule has 1 saturated carbocycles. The van der Waals surface area contributed by atoms with Gasteiger partial charge in [0.1, 0.15) is 16.9 Å². The van der Waals surface area contributed by atoms with Crippen molar-refractivity contribution in [2.24, 2.45) is 5.92 Å². The number of benzene rings is 2. The summed E-state index contributed by atoms with van der Waals surface area (Å²) in [6.45, 7) is 6.23. The van der Waals surface area contributed by atoms with Crippen LogP contribution in [0.3, 0.4) is 0 Å². The Hall–Kier alpha value is -3.09. The number of hydrogen-bond donors (Lipinski definition) is 1.